The molecule has 0 radical (unpaired) electrons. The van der Waals surface area contributed by atoms with Crippen LogP contribution in [0.5, 0.6) is 0 Å². The normalized spacial score (nSPS) is 10.7. The van der Waals surface area contributed by atoms with Crippen LogP contribution in [-0.2, 0) is 0 Å². The lowest BCUT2D eigenvalue weighted by Gasteiger charge is -2.12. The average Bonchev–Trinajstić information content (AvgIpc) is 2.43. The van der Waals surface area contributed by atoms with Gasteiger partial charge in [-0.25, -0.2) is 4.98 Å². The van der Waals surface area contributed by atoms with Gasteiger partial charge in [0, 0.05) is 11.9 Å². The Morgan fingerprint density at radius 1 is 1.30 bits per heavy atom. The third kappa shape index (κ3) is 3.71. The van der Waals surface area contributed by atoms with Crippen molar-refractivity contribution < 1.29 is 8.78 Å². The fourth-order valence-electron chi connectivity index (χ4n) is 1.47. The predicted octanol–water partition coefficient (Wildman–Crippen LogP) is 4.23. The second-order valence-corrected chi connectivity index (χ2v) is 5.08. The number of alkyl halides is 2. The summed E-state index contributed by atoms with van der Waals surface area (Å²) in [6, 6.07) is 6.72. The number of nitrogens with one attached hydrogen (secondary N) is 2. The molecule has 8 heteroatoms. The van der Waals surface area contributed by atoms with Gasteiger partial charge in [-0.2, -0.15) is 13.8 Å². The summed E-state index contributed by atoms with van der Waals surface area (Å²) in [5.41, 5.74) is 0.514. The van der Waals surface area contributed by atoms with E-state index >= 15 is 0 Å². The van der Waals surface area contributed by atoms with Gasteiger partial charge in [0.25, 0.3) is 5.76 Å². The van der Waals surface area contributed by atoms with E-state index < -0.39 is 5.76 Å². The Balaban J connectivity index is 2.30. The first-order valence-corrected chi connectivity index (χ1v) is 6.87. The Morgan fingerprint density at radius 2 is 2.05 bits per heavy atom. The highest BCUT2D eigenvalue weighted by Crippen LogP contribution is 2.34. The number of rotatable bonds is 5. The molecule has 0 saturated heterocycles. The Labute approximate surface area is 124 Å². The Bertz CT molecular complexity index is 597. The number of benzene rings is 1. The van der Waals surface area contributed by atoms with Gasteiger partial charge in [-0.1, -0.05) is 35.5 Å². The van der Waals surface area contributed by atoms with E-state index in [1.807, 2.05) is 0 Å². The summed E-state index contributed by atoms with van der Waals surface area (Å²) in [5, 5.41) is 6.03. The van der Waals surface area contributed by atoms with Gasteiger partial charge < -0.3 is 10.6 Å². The standard InChI is InChI=1S/C12H11ClF2N4S/c1-16-12-17-6-7(13)10(19-12)18-8-4-2-3-5-9(8)20-11(14)15/h2-6,11H,1H3,(H2,16,17,18,19). The van der Waals surface area contributed by atoms with Crippen LogP contribution in [0, 0.1) is 0 Å². The fourth-order valence-corrected chi connectivity index (χ4v) is 2.20. The zero-order chi connectivity index (χ0) is 14.5. The molecule has 0 saturated carbocycles. The van der Waals surface area contributed by atoms with Crippen molar-refractivity contribution in [1.29, 1.82) is 0 Å². The van der Waals surface area contributed by atoms with E-state index in [-0.39, 0.29) is 0 Å². The summed E-state index contributed by atoms with van der Waals surface area (Å²) in [7, 11) is 1.67. The zero-order valence-corrected chi connectivity index (χ0v) is 12.0. The molecule has 0 atom stereocenters. The maximum Gasteiger partial charge on any atom is 0.288 e. The molecule has 2 N–H and O–H groups in total. The molecule has 0 amide bonds. The van der Waals surface area contributed by atoms with Crippen molar-refractivity contribution in [2.24, 2.45) is 0 Å². The highest BCUT2D eigenvalue weighted by molar-refractivity contribution is 7.99. The van der Waals surface area contributed by atoms with Crippen LogP contribution in [0.1, 0.15) is 0 Å². The molecule has 106 valence electrons. The minimum Gasteiger partial charge on any atom is -0.357 e. The molecular formula is C12H11ClF2N4S. The maximum absolute atomic E-state index is 12.5. The number of hydrogen-bond acceptors (Lipinski definition) is 5. The second kappa shape index (κ2) is 6.71. The number of nitrogens with zero attached hydrogens (tertiary/aromatic N) is 2. The third-order valence-corrected chi connectivity index (χ3v) is 3.39. The molecule has 0 fully saturated rings. The van der Waals surface area contributed by atoms with Gasteiger partial charge in [0.15, 0.2) is 5.82 Å². The first-order valence-electron chi connectivity index (χ1n) is 5.61. The summed E-state index contributed by atoms with van der Waals surface area (Å²) < 4.78 is 25.0. The largest absolute Gasteiger partial charge is 0.357 e. The highest BCUT2D eigenvalue weighted by atomic mass is 35.5. The molecule has 1 aromatic heterocycles. The summed E-state index contributed by atoms with van der Waals surface area (Å²) in [6.07, 6.45) is 1.44. The lowest BCUT2D eigenvalue weighted by atomic mass is 10.3. The number of hydrogen-bond donors (Lipinski definition) is 2. The van der Waals surface area contributed by atoms with E-state index in [2.05, 4.69) is 20.6 Å². The third-order valence-electron chi connectivity index (χ3n) is 2.32. The quantitative estimate of drug-likeness (QED) is 0.808. The van der Waals surface area contributed by atoms with Gasteiger partial charge in [-0.3, -0.25) is 0 Å². The van der Waals surface area contributed by atoms with Crippen LogP contribution in [0.3, 0.4) is 0 Å². The van der Waals surface area contributed by atoms with Crippen LogP contribution in [0.4, 0.5) is 26.2 Å². The van der Waals surface area contributed by atoms with Crippen molar-refractivity contribution in [1.82, 2.24) is 9.97 Å². The molecule has 20 heavy (non-hydrogen) atoms. The number of para-hydroxylation sites is 1. The summed E-state index contributed by atoms with van der Waals surface area (Å²) in [5.74, 6) is -1.75. The molecule has 0 spiro atoms. The summed E-state index contributed by atoms with van der Waals surface area (Å²) in [4.78, 5) is 8.51. The number of aromatic nitrogens is 2. The van der Waals surface area contributed by atoms with Crippen LogP contribution in [0.25, 0.3) is 0 Å². The molecule has 2 rings (SSSR count). The highest BCUT2D eigenvalue weighted by Gasteiger charge is 2.12. The van der Waals surface area contributed by atoms with Gasteiger partial charge in [-0.05, 0) is 12.1 Å². The van der Waals surface area contributed by atoms with E-state index in [0.717, 1.165) is 0 Å². The Hall–Kier alpha value is -1.60. The van der Waals surface area contributed by atoms with E-state index in [1.165, 1.54) is 6.20 Å². The van der Waals surface area contributed by atoms with Crippen molar-refractivity contribution in [3.8, 4) is 0 Å². The van der Waals surface area contributed by atoms with Crippen LogP contribution >= 0.6 is 23.4 Å². The van der Waals surface area contributed by atoms with Gasteiger partial charge >= 0.3 is 0 Å². The molecule has 0 unspecified atom stereocenters. The monoisotopic (exact) mass is 316 g/mol. The van der Waals surface area contributed by atoms with Crippen LogP contribution < -0.4 is 10.6 Å². The fraction of sp³-hybridized carbons (Fsp3) is 0.167. The molecule has 0 aliphatic rings. The van der Waals surface area contributed by atoms with Crippen molar-refractivity contribution in [3.63, 3.8) is 0 Å². The Kier molecular flexibility index (Phi) is 4.97. The van der Waals surface area contributed by atoms with E-state index in [9.17, 15) is 8.78 Å². The van der Waals surface area contributed by atoms with Gasteiger partial charge in [-0.15, -0.1) is 0 Å². The number of thioether (sulfide) groups is 1. The van der Waals surface area contributed by atoms with Crippen molar-refractivity contribution >= 4 is 40.8 Å². The molecule has 0 bridgehead atoms. The molecule has 0 aliphatic heterocycles. The topological polar surface area (TPSA) is 49.8 Å². The van der Waals surface area contributed by atoms with Crippen molar-refractivity contribution in [2.45, 2.75) is 10.7 Å². The van der Waals surface area contributed by atoms with Crippen LogP contribution in [0.2, 0.25) is 5.02 Å². The molecular weight excluding hydrogens is 306 g/mol. The molecule has 4 nitrogen and oxygen atoms in total. The van der Waals surface area contributed by atoms with E-state index in [4.69, 9.17) is 11.6 Å². The SMILES string of the molecule is CNc1ncc(Cl)c(Nc2ccccc2SC(F)F)n1. The van der Waals surface area contributed by atoms with Crippen LogP contribution in [-0.4, -0.2) is 22.8 Å². The molecule has 1 heterocycles. The lowest BCUT2D eigenvalue weighted by molar-refractivity contribution is 0.252. The first kappa shape index (κ1) is 14.8. The minimum atomic E-state index is -2.49. The Morgan fingerprint density at radius 3 is 2.75 bits per heavy atom. The van der Waals surface area contributed by atoms with Gasteiger partial charge in [0.2, 0.25) is 5.95 Å². The van der Waals surface area contributed by atoms with E-state index in [1.54, 1.807) is 31.3 Å². The minimum absolute atomic E-state index is 0.306. The van der Waals surface area contributed by atoms with Crippen LogP contribution in [0.15, 0.2) is 35.4 Å². The lowest BCUT2D eigenvalue weighted by Crippen LogP contribution is -2.01. The predicted molar refractivity (Wildman–Crippen MR) is 78.2 cm³/mol. The summed E-state index contributed by atoms with van der Waals surface area (Å²) in [6.45, 7) is 0. The molecule has 1 aromatic carbocycles. The molecule has 0 aliphatic carbocycles. The van der Waals surface area contributed by atoms with Crippen molar-refractivity contribution in [3.05, 3.63) is 35.5 Å². The zero-order valence-electron chi connectivity index (χ0n) is 10.4. The maximum atomic E-state index is 12.5. The average molecular weight is 317 g/mol. The van der Waals surface area contributed by atoms with E-state index in [0.29, 0.717) is 39.1 Å². The second-order valence-electron chi connectivity index (χ2n) is 3.64. The van der Waals surface area contributed by atoms with Gasteiger partial charge in [0.05, 0.1) is 11.9 Å². The number of halogens is 3. The number of anilines is 3. The first-order chi connectivity index (χ1) is 9.60. The molecule has 2 aromatic rings. The van der Waals surface area contributed by atoms with Gasteiger partial charge in [0.1, 0.15) is 5.02 Å². The smallest absolute Gasteiger partial charge is 0.288 e. The summed E-state index contributed by atoms with van der Waals surface area (Å²) >= 11 is 6.45. The van der Waals surface area contributed by atoms with Crippen molar-refractivity contribution in [2.75, 3.05) is 17.7 Å².